The molecule has 6 nitrogen and oxygen atoms in total. The van der Waals surface area contributed by atoms with Gasteiger partial charge in [0.2, 0.25) is 0 Å². The Hall–Kier alpha value is -2.37. The number of amides is 2. The zero-order valence-corrected chi connectivity index (χ0v) is 12.0. The highest BCUT2D eigenvalue weighted by atomic mass is 16.2. The van der Waals surface area contributed by atoms with Gasteiger partial charge in [0.1, 0.15) is 5.82 Å². The van der Waals surface area contributed by atoms with Crippen LogP contribution in [0.4, 0.5) is 10.5 Å². The van der Waals surface area contributed by atoms with Crippen LogP contribution in [-0.4, -0.2) is 27.1 Å². The summed E-state index contributed by atoms with van der Waals surface area (Å²) in [5.41, 5.74) is 1.74. The van der Waals surface area contributed by atoms with Crippen LogP contribution in [0.5, 0.6) is 0 Å². The van der Waals surface area contributed by atoms with Gasteiger partial charge in [0, 0.05) is 38.1 Å². The summed E-state index contributed by atoms with van der Waals surface area (Å²) in [5.74, 6) is 1.55. The quantitative estimate of drug-likeness (QED) is 0.905. The zero-order chi connectivity index (χ0) is 14.7. The van der Waals surface area contributed by atoms with E-state index in [1.165, 1.54) is 0 Å². The average molecular weight is 285 g/mol. The van der Waals surface area contributed by atoms with E-state index in [4.69, 9.17) is 0 Å². The number of fused-ring (bicyclic) bond motifs is 1. The fourth-order valence-corrected chi connectivity index (χ4v) is 2.59. The number of rotatable bonds is 3. The molecule has 21 heavy (non-hydrogen) atoms. The minimum atomic E-state index is -0.181. The molecule has 2 N–H and O–H groups in total. The monoisotopic (exact) mass is 285 g/mol. The molecule has 0 fully saturated rings. The molecule has 6 heteroatoms. The summed E-state index contributed by atoms with van der Waals surface area (Å²) in [4.78, 5) is 20.3. The van der Waals surface area contributed by atoms with Crippen LogP contribution >= 0.6 is 0 Å². The Morgan fingerprint density at radius 2 is 2.38 bits per heavy atom. The number of aromatic nitrogens is 3. The van der Waals surface area contributed by atoms with E-state index in [1.807, 2.05) is 25.4 Å². The molecule has 1 aliphatic rings. The van der Waals surface area contributed by atoms with Gasteiger partial charge in [-0.1, -0.05) is 0 Å². The van der Waals surface area contributed by atoms with Gasteiger partial charge >= 0.3 is 6.03 Å². The van der Waals surface area contributed by atoms with Crippen molar-refractivity contribution in [2.45, 2.75) is 26.3 Å². The van der Waals surface area contributed by atoms with Gasteiger partial charge in [0.05, 0.1) is 11.9 Å². The first-order chi connectivity index (χ1) is 10.2. The van der Waals surface area contributed by atoms with Crippen LogP contribution in [0, 0.1) is 12.8 Å². The largest absolute Gasteiger partial charge is 0.338 e. The molecule has 3 rings (SSSR count). The maximum absolute atomic E-state index is 11.9. The summed E-state index contributed by atoms with van der Waals surface area (Å²) in [5, 5.41) is 5.77. The average Bonchev–Trinajstić information content (AvgIpc) is 2.95. The third-order valence-corrected chi connectivity index (χ3v) is 3.89. The summed E-state index contributed by atoms with van der Waals surface area (Å²) in [6, 6.07) is 1.69. The first-order valence-electron chi connectivity index (χ1n) is 7.18. The molecular formula is C15H19N5O. The molecule has 2 aromatic heterocycles. The van der Waals surface area contributed by atoms with Crippen LogP contribution in [0.15, 0.2) is 30.9 Å². The van der Waals surface area contributed by atoms with E-state index in [-0.39, 0.29) is 6.03 Å². The van der Waals surface area contributed by atoms with Gasteiger partial charge in [-0.3, -0.25) is 4.98 Å². The topological polar surface area (TPSA) is 71.8 Å². The van der Waals surface area contributed by atoms with Gasteiger partial charge in [-0.05, 0) is 30.9 Å². The Kier molecular flexibility index (Phi) is 3.85. The second kappa shape index (κ2) is 5.95. The first kappa shape index (κ1) is 13.6. The number of carbonyl (C=O) groups excluding carboxylic acids is 1. The second-order valence-electron chi connectivity index (χ2n) is 5.42. The molecule has 0 spiro atoms. The fourth-order valence-electron chi connectivity index (χ4n) is 2.59. The summed E-state index contributed by atoms with van der Waals surface area (Å²) in [6.45, 7) is 3.58. The van der Waals surface area contributed by atoms with Gasteiger partial charge < -0.3 is 15.2 Å². The fraction of sp³-hybridized carbons (Fsp3) is 0.400. The molecule has 0 radical (unpaired) electrons. The van der Waals surface area contributed by atoms with E-state index >= 15 is 0 Å². The number of nitrogens with zero attached hydrogens (tertiary/aromatic N) is 3. The number of imidazole rings is 1. The highest BCUT2D eigenvalue weighted by Gasteiger charge is 2.19. The van der Waals surface area contributed by atoms with Crippen molar-refractivity contribution in [2.75, 3.05) is 11.9 Å². The number of pyridine rings is 1. The smallest absolute Gasteiger partial charge is 0.319 e. The van der Waals surface area contributed by atoms with Crippen molar-refractivity contribution >= 4 is 11.7 Å². The van der Waals surface area contributed by atoms with E-state index in [1.54, 1.807) is 12.4 Å². The molecule has 110 valence electrons. The van der Waals surface area contributed by atoms with Crippen molar-refractivity contribution < 1.29 is 4.79 Å². The molecule has 3 heterocycles. The molecule has 2 aromatic rings. The maximum Gasteiger partial charge on any atom is 0.319 e. The summed E-state index contributed by atoms with van der Waals surface area (Å²) in [6.07, 6.45) is 9.20. The van der Waals surface area contributed by atoms with Crippen molar-refractivity contribution in [1.82, 2.24) is 19.9 Å². The van der Waals surface area contributed by atoms with E-state index in [9.17, 15) is 4.79 Å². The minimum absolute atomic E-state index is 0.181. The lowest BCUT2D eigenvalue weighted by atomic mass is 9.98. The van der Waals surface area contributed by atoms with Gasteiger partial charge in [-0.15, -0.1) is 0 Å². The Morgan fingerprint density at radius 1 is 1.48 bits per heavy atom. The maximum atomic E-state index is 11.9. The Labute approximate surface area is 123 Å². The summed E-state index contributed by atoms with van der Waals surface area (Å²) in [7, 11) is 0. The van der Waals surface area contributed by atoms with Gasteiger partial charge in [-0.25, -0.2) is 9.78 Å². The molecule has 0 aliphatic carbocycles. The number of hydrogen-bond donors (Lipinski definition) is 2. The van der Waals surface area contributed by atoms with E-state index < -0.39 is 0 Å². The molecule has 0 bridgehead atoms. The number of aryl methyl sites for hydroxylation is 2. The van der Waals surface area contributed by atoms with Gasteiger partial charge in [0.15, 0.2) is 0 Å². The molecule has 0 saturated carbocycles. The first-order valence-corrected chi connectivity index (χ1v) is 7.18. The predicted molar refractivity (Wildman–Crippen MR) is 80.0 cm³/mol. The third-order valence-electron chi connectivity index (χ3n) is 3.89. The lowest BCUT2D eigenvalue weighted by Crippen LogP contribution is -2.35. The lowest BCUT2D eigenvalue weighted by molar-refractivity contribution is 0.248. The van der Waals surface area contributed by atoms with E-state index in [0.717, 1.165) is 36.5 Å². The van der Waals surface area contributed by atoms with Crippen LogP contribution in [0.3, 0.4) is 0 Å². The molecule has 1 atom stereocenters. The SMILES string of the molecule is Cc1ccncc1NC(=O)NCC1CCn2ccnc2C1. The van der Waals surface area contributed by atoms with Crippen LogP contribution in [-0.2, 0) is 13.0 Å². The van der Waals surface area contributed by atoms with E-state index in [0.29, 0.717) is 12.5 Å². The lowest BCUT2D eigenvalue weighted by Gasteiger charge is -2.23. The van der Waals surface area contributed by atoms with Crippen molar-refractivity contribution in [3.05, 3.63) is 42.2 Å². The Bertz CT molecular complexity index is 636. The highest BCUT2D eigenvalue weighted by Crippen LogP contribution is 2.18. The van der Waals surface area contributed by atoms with Crippen molar-refractivity contribution in [3.8, 4) is 0 Å². The summed E-state index contributed by atoms with van der Waals surface area (Å²) < 4.78 is 2.18. The second-order valence-corrected chi connectivity index (χ2v) is 5.42. The van der Waals surface area contributed by atoms with Crippen LogP contribution < -0.4 is 10.6 Å². The third kappa shape index (κ3) is 3.21. The van der Waals surface area contributed by atoms with Gasteiger partial charge in [-0.2, -0.15) is 0 Å². The normalized spacial score (nSPS) is 17.1. The van der Waals surface area contributed by atoms with Crippen LogP contribution in [0.2, 0.25) is 0 Å². The van der Waals surface area contributed by atoms with Gasteiger partial charge in [0.25, 0.3) is 0 Å². The minimum Gasteiger partial charge on any atom is -0.338 e. The van der Waals surface area contributed by atoms with Crippen LogP contribution in [0.25, 0.3) is 0 Å². The van der Waals surface area contributed by atoms with Crippen LogP contribution in [0.1, 0.15) is 17.8 Å². The molecule has 0 saturated heterocycles. The number of nitrogens with one attached hydrogen (secondary N) is 2. The molecule has 1 aliphatic heterocycles. The number of carbonyl (C=O) groups is 1. The molecule has 2 amide bonds. The number of anilines is 1. The molecule has 1 unspecified atom stereocenters. The Morgan fingerprint density at radius 3 is 3.24 bits per heavy atom. The molecular weight excluding hydrogens is 266 g/mol. The van der Waals surface area contributed by atoms with Crippen molar-refractivity contribution in [2.24, 2.45) is 5.92 Å². The highest BCUT2D eigenvalue weighted by molar-refractivity contribution is 5.89. The summed E-state index contributed by atoms with van der Waals surface area (Å²) >= 11 is 0. The van der Waals surface area contributed by atoms with E-state index in [2.05, 4.69) is 25.2 Å². The zero-order valence-electron chi connectivity index (χ0n) is 12.0. The predicted octanol–water partition coefficient (Wildman–Crippen LogP) is 1.97. The van der Waals surface area contributed by atoms with Crippen molar-refractivity contribution in [3.63, 3.8) is 0 Å². The number of hydrogen-bond acceptors (Lipinski definition) is 3. The molecule has 0 aromatic carbocycles. The van der Waals surface area contributed by atoms with Crippen molar-refractivity contribution in [1.29, 1.82) is 0 Å². The standard InChI is InChI=1S/C15H19N5O/c1-11-2-4-16-10-13(11)19-15(21)18-9-12-3-6-20-7-5-17-14(20)8-12/h2,4-5,7,10,12H,3,6,8-9H2,1H3,(H2,18,19,21). The number of urea groups is 1. The Balaban J connectivity index is 1.50.